The molecular weight excluding hydrogens is 354 g/mol. The molecule has 0 saturated heterocycles. The number of rotatable bonds is 3. The second kappa shape index (κ2) is 6.16. The second-order valence-corrected chi connectivity index (χ2v) is 6.63. The molecule has 3 rings (SSSR count). The number of nitrogens with zero attached hydrogens (tertiary/aromatic N) is 2. The molecule has 118 valence electrons. The first-order valence-corrected chi connectivity index (χ1v) is 8.24. The van der Waals surface area contributed by atoms with Crippen LogP contribution in [0.3, 0.4) is 0 Å². The van der Waals surface area contributed by atoms with E-state index in [1.807, 2.05) is 61.7 Å². The molecule has 0 aliphatic rings. The summed E-state index contributed by atoms with van der Waals surface area (Å²) in [7, 11) is 0. The van der Waals surface area contributed by atoms with E-state index < -0.39 is 0 Å². The number of amides is 1. The molecule has 0 aliphatic carbocycles. The number of nitrogens with one attached hydrogen (secondary N) is 1. The molecule has 4 nitrogen and oxygen atoms in total. The second-order valence-electron chi connectivity index (χ2n) is 5.71. The fourth-order valence-electron chi connectivity index (χ4n) is 2.69. The van der Waals surface area contributed by atoms with Crippen molar-refractivity contribution in [3.8, 4) is 0 Å². The Hall–Kier alpha value is -2.14. The van der Waals surface area contributed by atoms with Crippen LogP contribution in [0.2, 0.25) is 0 Å². The summed E-state index contributed by atoms with van der Waals surface area (Å²) in [5, 5.41) is 2.98. The van der Waals surface area contributed by atoms with Gasteiger partial charge in [-0.15, -0.1) is 0 Å². The highest BCUT2D eigenvalue weighted by Gasteiger charge is 2.14. The molecule has 0 radical (unpaired) electrons. The number of aromatic nitrogens is 2. The fourth-order valence-corrected chi connectivity index (χ4v) is 3.17. The van der Waals surface area contributed by atoms with Gasteiger partial charge in [0, 0.05) is 16.4 Å². The Balaban J connectivity index is 1.86. The highest BCUT2D eigenvalue weighted by molar-refractivity contribution is 9.10. The van der Waals surface area contributed by atoms with Crippen LogP contribution in [-0.2, 0) is 11.2 Å². The molecule has 2 aromatic heterocycles. The number of pyridine rings is 1. The van der Waals surface area contributed by atoms with Crippen molar-refractivity contribution in [3.63, 3.8) is 0 Å². The Bertz CT molecular complexity index is 899. The van der Waals surface area contributed by atoms with E-state index in [0.717, 1.165) is 38.3 Å². The first-order chi connectivity index (χ1) is 11.0. The van der Waals surface area contributed by atoms with Crippen LogP contribution >= 0.6 is 15.9 Å². The monoisotopic (exact) mass is 371 g/mol. The van der Waals surface area contributed by atoms with E-state index >= 15 is 0 Å². The molecule has 0 fully saturated rings. The average Bonchev–Trinajstić information content (AvgIpc) is 2.80. The number of anilines is 1. The molecule has 23 heavy (non-hydrogen) atoms. The summed E-state index contributed by atoms with van der Waals surface area (Å²) >= 11 is 3.43. The van der Waals surface area contributed by atoms with Crippen LogP contribution in [0.5, 0.6) is 0 Å². The van der Waals surface area contributed by atoms with Gasteiger partial charge in [-0.25, -0.2) is 4.98 Å². The number of benzene rings is 1. The average molecular weight is 372 g/mol. The minimum absolute atomic E-state index is 0.0400. The maximum Gasteiger partial charge on any atom is 0.230 e. The molecule has 0 aliphatic heterocycles. The fraction of sp³-hybridized carbons (Fsp3) is 0.222. The quantitative estimate of drug-likeness (QED) is 0.749. The highest BCUT2D eigenvalue weighted by Crippen LogP contribution is 2.21. The van der Waals surface area contributed by atoms with Crippen LogP contribution in [0.25, 0.3) is 5.65 Å². The molecule has 3 aromatic rings. The standard InChI is InChI=1S/C18H18BrN3O/c1-11-5-4-8-22-16(13(3)20-18(11)22)10-17(23)21-15-7-6-14(19)9-12(15)2/h4-9H,10H2,1-3H3,(H,21,23). The SMILES string of the molecule is Cc1cc(Br)ccc1NC(=O)Cc1c(C)nc2c(C)cccn12. The minimum atomic E-state index is -0.0400. The smallest absolute Gasteiger partial charge is 0.230 e. The third-order valence-electron chi connectivity index (χ3n) is 3.93. The Labute approximate surface area is 143 Å². The molecule has 0 unspecified atom stereocenters. The van der Waals surface area contributed by atoms with Gasteiger partial charge in [0.1, 0.15) is 5.65 Å². The number of fused-ring (bicyclic) bond motifs is 1. The molecular formula is C18H18BrN3O. The van der Waals surface area contributed by atoms with Gasteiger partial charge in [-0.3, -0.25) is 4.79 Å². The summed E-state index contributed by atoms with van der Waals surface area (Å²) in [6, 6.07) is 9.81. The van der Waals surface area contributed by atoms with Crippen molar-refractivity contribution >= 4 is 33.2 Å². The van der Waals surface area contributed by atoms with Gasteiger partial charge in [-0.2, -0.15) is 0 Å². The van der Waals surface area contributed by atoms with Crippen molar-refractivity contribution in [1.82, 2.24) is 9.38 Å². The molecule has 0 bridgehead atoms. The first kappa shape index (κ1) is 15.7. The maximum atomic E-state index is 12.4. The van der Waals surface area contributed by atoms with E-state index in [9.17, 15) is 4.79 Å². The summed E-state index contributed by atoms with van der Waals surface area (Å²) in [4.78, 5) is 17.0. The van der Waals surface area contributed by atoms with Gasteiger partial charge in [0.25, 0.3) is 0 Å². The number of carbonyl (C=O) groups is 1. The minimum Gasteiger partial charge on any atom is -0.326 e. The summed E-state index contributed by atoms with van der Waals surface area (Å²) in [6.07, 6.45) is 2.25. The van der Waals surface area contributed by atoms with Crippen molar-refractivity contribution in [2.75, 3.05) is 5.32 Å². The lowest BCUT2D eigenvalue weighted by Crippen LogP contribution is -2.16. The molecule has 1 aromatic carbocycles. The Morgan fingerprint density at radius 3 is 2.74 bits per heavy atom. The lowest BCUT2D eigenvalue weighted by atomic mass is 10.2. The number of aryl methyl sites for hydroxylation is 3. The summed E-state index contributed by atoms with van der Waals surface area (Å²) in [6.45, 7) is 5.94. The van der Waals surface area contributed by atoms with E-state index in [1.165, 1.54) is 0 Å². The van der Waals surface area contributed by atoms with Crippen LogP contribution < -0.4 is 5.32 Å². The number of hydrogen-bond acceptors (Lipinski definition) is 2. The number of halogens is 1. The molecule has 1 N–H and O–H groups in total. The molecule has 5 heteroatoms. The third kappa shape index (κ3) is 3.15. The van der Waals surface area contributed by atoms with Gasteiger partial charge in [0.2, 0.25) is 5.91 Å². The van der Waals surface area contributed by atoms with E-state index in [2.05, 4.69) is 26.2 Å². The maximum absolute atomic E-state index is 12.4. The summed E-state index contributed by atoms with van der Waals surface area (Å²) < 4.78 is 3.00. The molecule has 0 atom stereocenters. The topological polar surface area (TPSA) is 46.4 Å². The lowest BCUT2D eigenvalue weighted by Gasteiger charge is -2.09. The largest absolute Gasteiger partial charge is 0.326 e. The Morgan fingerprint density at radius 2 is 2.00 bits per heavy atom. The summed E-state index contributed by atoms with van der Waals surface area (Å²) in [5.41, 5.74) is 5.69. The van der Waals surface area contributed by atoms with Gasteiger partial charge in [-0.1, -0.05) is 22.0 Å². The first-order valence-electron chi connectivity index (χ1n) is 7.45. The zero-order valence-corrected chi connectivity index (χ0v) is 14.9. The van der Waals surface area contributed by atoms with Crippen molar-refractivity contribution < 1.29 is 4.79 Å². The zero-order chi connectivity index (χ0) is 16.6. The van der Waals surface area contributed by atoms with Gasteiger partial charge < -0.3 is 9.72 Å². The van der Waals surface area contributed by atoms with Crippen LogP contribution in [0.4, 0.5) is 5.69 Å². The summed E-state index contributed by atoms with van der Waals surface area (Å²) in [5.74, 6) is -0.0400. The van der Waals surface area contributed by atoms with Crippen LogP contribution in [0, 0.1) is 20.8 Å². The molecule has 0 spiro atoms. The third-order valence-corrected chi connectivity index (χ3v) is 4.43. The van der Waals surface area contributed by atoms with Crippen molar-refractivity contribution in [2.24, 2.45) is 0 Å². The Morgan fingerprint density at radius 1 is 1.22 bits per heavy atom. The van der Waals surface area contributed by atoms with E-state index in [-0.39, 0.29) is 5.91 Å². The van der Waals surface area contributed by atoms with Gasteiger partial charge in [0.15, 0.2) is 0 Å². The molecule has 1 amide bonds. The van der Waals surface area contributed by atoms with E-state index in [4.69, 9.17) is 0 Å². The lowest BCUT2D eigenvalue weighted by molar-refractivity contribution is -0.115. The molecule has 0 saturated carbocycles. The number of carbonyl (C=O) groups excluding carboxylic acids is 1. The van der Waals surface area contributed by atoms with Crippen molar-refractivity contribution in [2.45, 2.75) is 27.2 Å². The number of hydrogen-bond donors (Lipinski definition) is 1. The van der Waals surface area contributed by atoms with Crippen molar-refractivity contribution in [3.05, 3.63) is 63.5 Å². The van der Waals surface area contributed by atoms with Crippen molar-refractivity contribution in [1.29, 1.82) is 0 Å². The van der Waals surface area contributed by atoms with Crippen LogP contribution in [0.1, 0.15) is 22.5 Å². The highest BCUT2D eigenvalue weighted by atomic mass is 79.9. The van der Waals surface area contributed by atoms with Gasteiger partial charge in [-0.05, 0) is 56.2 Å². The van der Waals surface area contributed by atoms with E-state index in [0.29, 0.717) is 6.42 Å². The van der Waals surface area contributed by atoms with Crippen LogP contribution in [-0.4, -0.2) is 15.3 Å². The van der Waals surface area contributed by atoms with Gasteiger partial charge in [0.05, 0.1) is 17.8 Å². The Kier molecular flexibility index (Phi) is 4.22. The van der Waals surface area contributed by atoms with E-state index in [1.54, 1.807) is 0 Å². The predicted molar refractivity (Wildman–Crippen MR) is 95.9 cm³/mol. The predicted octanol–water partition coefficient (Wildman–Crippen LogP) is 4.20. The van der Waals surface area contributed by atoms with Gasteiger partial charge >= 0.3 is 0 Å². The zero-order valence-electron chi connectivity index (χ0n) is 13.4. The number of imidazole rings is 1. The normalized spacial score (nSPS) is 11.0. The van der Waals surface area contributed by atoms with Crippen LogP contribution in [0.15, 0.2) is 41.0 Å². The molecule has 2 heterocycles.